The molecule has 0 atom stereocenters. The number of nitrogens with two attached hydrogens (primary N) is 1. The lowest BCUT2D eigenvalue weighted by Gasteiger charge is -2.37. The molecule has 0 spiro atoms. The smallest absolute Gasteiger partial charge is 0.147 e. The monoisotopic (exact) mass is 206 g/mol. The van der Waals surface area contributed by atoms with Crippen LogP contribution in [0.15, 0.2) is 12.4 Å². The second kappa shape index (κ2) is 3.68. The number of piperidine rings is 1. The molecule has 1 aromatic heterocycles. The molecule has 0 bridgehead atoms. The van der Waals surface area contributed by atoms with E-state index in [0.29, 0.717) is 11.2 Å². The van der Waals surface area contributed by atoms with Gasteiger partial charge >= 0.3 is 0 Å². The molecule has 82 valence electrons. The standard InChI is InChI=1S/C11H18N4/c1-11(2)3-5-15(6-4-11)10-8-13-9(12)7-14-10/h7-8H,3-6H2,1-2H3,(H2,12,13). The molecule has 0 aromatic carbocycles. The number of hydrogen-bond donors (Lipinski definition) is 1. The van der Waals surface area contributed by atoms with Crippen LogP contribution >= 0.6 is 0 Å². The summed E-state index contributed by atoms with van der Waals surface area (Å²) in [5.41, 5.74) is 5.98. The zero-order valence-electron chi connectivity index (χ0n) is 9.40. The van der Waals surface area contributed by atoms with Crippen molar-refractivity contribution in [1.29, 1.82) is 0 Å². The lowest BCUT2D eigenvalue weighted by atomic mass is 9.83. The minimum Gasteiger partial charge on any atom is -0.382 e. The van der Waals surface area contributed by atoms with Crippen molar-refractivity contribution in [3.8, 4) is 0 Å². The highest BCUT2D eigenvalue weighted by molar-refractivity contribution is 5.39. The van der Waals surface area contributed by atoms with E-state index in [0.717, 1.165) is 18.9 Å². The van der Waals surface area contributed by atoms with Crippen molar-refractivity contribution in [1.82, 2.24) is 9.97 Å². The van der Waals surface area contributed by atoms with Crippen molar-refractivity contribution < 1.29 is 0 Å². The van der Waals surface area contributed by atoms with Crippen LogP contribution in [-0.2, 0) is 0 Å². The number of anilines is 2. The van der Waals surface area contributed by atoms with Crippen LogP contribution < -0.4 is 10.6 Å². The maximum Gasteiger partial charge on any atom is 0.147 e. The predicted octanol–water partition coefficient (Wildman–Crippen LogP) is 1.69. The third-order valence-corrected chi connectivity index (χ3v) is 3.10. The van der Waals surface area contributed by atoms with E-state index >= 15 is 0 Å². The highest BCUT2D eigenvalue weighted by Crippen LogP contribution is 2.31. The van der Waals surface area contributed by atoms with Crippen LogP contribution in [0.2, 0.25) is 0 Å². The molecule has 1 aliphatic rings. The summed E-state index contributed by atoms with van der Waals surface area (Å²) in [6, 6.07) is 0. The van der Waals surface area contributed by atoms with Gasteiger partial charge in [-0.1, -0.05) is 13.8 Å². The van der Waals surface area contributed by atoms with E-state index in [-0.39, 0.29) is 0 Å². The maximum atomic E-state index is 5.51. The first kappa shape index (κ1) is 10.2. The summed E-state index contributed by atoms with van der Waals surface area (Å²) >= 11 is 0. The average Bonchev–Trinajstić information content (AvgIpc) is 2.20. The highest BCUT2D eigenvalue weighted by Gasteiger charge is 2.25. The molecule has 4 nitrogen and oxygen atoms in total. The largest absolute Gasteiger partial charge is 0.382 e. The normalized spacial score (nSPS) is 20.3. The van der Waals surface area contributed by atoms with Gasteiger partial charge < -0.3 is 10.6 Å². The number of rotatable bonds is 1. The molecule has 1 aromatic rings. The molecule has 1 aliphatic heterocycles. The summed E-state index contributed by atoms with van der Waals surface area (Å²) in [4.78, 5) is 10.6. The number of hydrogen-bond acceptors (Lipinski definition) is 4. The number of nitrogen functional groups attached to an aromatic ring is 1. The van der Waals surface area contributed by atoms with Gasteiger partial charge in [0, 0.05) is 13.1 Å². The van der Waals surface area contributed by atoms with E-state index in [9.17, 15) is 0 Å². The van der Waals surface area contributed by atoms with Crippen molar-refractivity contribution in [3.05, 3.63) is 12.4 Å². The van der Waals surface area contributed by atoms with Crippen LogP contribution in [0.5, 0.6) is 0 Å². The van der Waals surface area contributed by atoms with Crippen molar-refractivity contribution in [2.75, 3.05) is 23.7 Å². The first-order valence-electron chi connectivity index (χ1n) is 5.39. The zero-order valence-corrected chi connectivity index (χ0v) is 9.40. The Kier molecular flexibility index (Phi) is 2.50. The number of nitrogens with zero attached hydrogens (tertiary/aromatic N) is 3. The van der Waals surface area contributed by atoms with Crippen molar-refractivity contribution in [3.63, 3.8) is 0 Å². The van der Waals surface area contributed by atoms with Crippen LogP contribution in [-0.4, -0.2) is 23.1 Å². The van der Waals surface area contributed by atoms with Gasteiger partial charge in [-0.25, -0.2) is 9.97 Å². The van der Waals surface area contributed by atoms with Gasteiger partial charge in [0.15, 0.2) is 0 Å². The fraction of sp³-hybridized carbons (Fsp3) is 0.636. The molecule has 1 fully saturated rings. The first-order valence-corrected chi connectivity index (χ1v) is 5.39. The fourth-order valence-corrected chi connectivity index (χ4v) is 1.84. The Labute approximate surface area is 90.5 Å². The van der Waals surface area contributed by atoms with Crippen molar-refractivity contribution in [2.45, 2.75) is 26.7 Å². The minimum atomic E-state index is 0.470. The summed E-state index contributed by atoms with van der Waals surface area (Å²) in [7, 11) is 0. The van der Waals surface area contributed by atoms with Gasteiger partial charge in [0.25, 0.3) is 0 Å². The van der Waals surface area contributed by atoms with E-state index < -0.39 is 0 Å². The summed E-state index contributed by atoms with van der Waals surface area (Å²) in [5.74, 6) is 1.43. The first-order chi connectivity index (χ1) is 7.07. The van der Waals surface area contributed by atoms with Crippen LogP contribution in [0.4, 0.5) is 11.6 Å². The lowest BCUT2D eigenvalue weighted by molar-refractivity contribution is 0.279. The summed E-state index contributed by atoms with van der Waals surface area (Å²) < 4.78 is 0. The third kappa shape index (κ3) is 2.37. The van der Waals surface area contributed by atoms with Gasteiger partial charge in [0.05, 0.1) is 12.4 Å². The van der Waals surface area contributed by atoms with E-state index in [1.807, 2.05) is 0 Å². The molecule has 0 aliphatic carbocycles. The fourth-order valence-electron chi connectivity index (χ4n) is 1.84. The Balaban J connectivity index is 2.04. The van der Waals surface area contributed by atoms with Gasteiger partial charge in [-0.3, -0.25) is 0 Å². The van der Waals surface area contributed by atoms with Crippen molar-refractivity contribution in [2.24, 2.45) is 5.41 Å². The quantitative estimate of drug-likeness (QED) is 0.759. The molecule has 0 unspecified atom stereocenters. The Morgan fingerprint density at radius 3 is 2.40 bits per heavy atom. The summed E-state index contributed by atoms with van der Waals surface area (Å²) in [6.45, 7) is 6.76. The molecule has 4 heteroatoms. The Hall–Kier alpha value is -1.32. The van der Waals surface area contributed by atoms with Gasteiger partial charge in [-0.05, 0) is 18.3 Å². The van der Waals surface area contributed by atoms with E-state index in [2.05, 4.69) is 28.7 Å². The van der Waals surface area contributed by atoms with Gasteiger partial charge in [-0.2, -0.15) is 0 Å². The Morgan fingerprint density at radius 1 is 1.20 bits per heavy atom. The predicted molar refractivity (Wildman–Crippen MR) is 61.7 cm³/mol. The summed E-state index contributed by atoms with van der Waals surface area (Å²) in [5, 5.41) is 0. The van der Waals surface area contributed by atoms with E-state index in [1.165, 1.54) is 12.8 Å². The Bertz CT molecular complexity index is 321. The molecule has 2 rings (SSSR count). The van der Waals surface area contributed by atoms with Crippen LogP contribution in [0.1, 0.15) is 26.7 Å². The zero-order chi connectivity index (χ0) is 10.9. The topological polar surface area (TPSA) is 55.0 Å². The average molecular weight is 206 g/mol. The molecule has 15 heavy (non-hydrogen) atoms. The van der Waals surface area contributed by atoms with Crippen LogP contribution in [0.25, 0.3) is 0 Å². The highest BCUT2D eigenvalue weighted by atomic mass is 15.2. The molecule has 0 saturated carbocycles. The van der Waals surface area contributed by atoms with Crippen LogP contribution in [0, 0.1) is 5.41 Å². The lowest BCUT2D eigenvalue weighted by Crippen LogP contribution is -2.37. The third-order valence-electron chi connectivity index (χ3n) is 3.10. The minimum absolute atomic E-state index is 0.470. The van der Waals surface area contributed by atoms with Gasteiger partial charge in [0.1, 0.15) is 11.6 Å². The van der Waals surface area contributed by atoms with Crippen molar-refractivity contribution >= 4 is 11.6 Å². The molecule has 1 saturated heterocycles. The maximum absolute atomic E-state index is 5.51. The SMILES string of the molecule is CC1(C)CCN(c2cnc(N)cn2)CC1. The molecular formula is C11H18N4. The van der Waals surface area contributed by atoms with Crippen LogP contribution in [0.3, 0.4) is 0 Å². The van der Waals surface area contributed by atoms with Gasteiger partial charge in [0.2, 0.25) is 0 Å². The van der Waals surface area contributed by atoms with E-state index in [4.69, 9.17) is 5.73 Å². The molecule has 0 radical (unpaired) electrons. The molecular weight excluding hydrogens is 188 g/mol. The van der Waals surface area contributed by atoms with Gasteiger partial charge in [-0.15, -0.1) is 0 Å². The second-order valence-corrected chi connectivity index (χ2v) is 4.95. The molecule has 2 N–H and O–H groups in total. The van der Waals surface area contributed by atoms with E-state index in [1.54, 1.807) is 12.4 Å². The molecule has 0 amide bonds. The summed E-state index contributed by atoms with van der Waals surface area (Å²) in [6.07, 6.45) is 5.79. The Morgan fingerprint density at radius 2 is 1.87 bits per heavy atom. The number of aromatic nitrogens is 2. The second-order valence-electron chi connectivity index (χ2n) is 4.95. The molecule has 2 heterocycles.